The van der Waals surface area contributed by atoms with E-state index in [0.717, 1.165) is 37.1 Å². The van der Waals surface area contributed by atoms with Crippen LogP contribution in [0.3, 0.4) is 0 Å². The minimum atomic E-state index is -0.0853. The molecule has 2 rings (SSSR count). The van der Waals surface area contributed by atoms with Crippen LogP contribution in [0.15, 0.2) is 35.9 Å². The summed E-state index contributed by atoms with van der Waals surface area (Å²) >= 11 is 0. The highest BCUT2D eigenvalue weighted by Crippen LogP contribution is 2.19. The van der Waals surface area contributed by atoms with Crippen molar-refractivity contribution in [2.45, 2.75) is 52.4 Å². The number of nitrogens with one attached hydrogen (secondary N) is 2. The van der Waals surface area contributed by atoms with Crippen molar-refractivity contribution in [1.82, 2.24) is 10.2 Å². The molecule has 0 spiro atoms. The van der Waals surface area contributed by atoms with Gasteiger partial charge in [0.1, 0.15) is 0 Å². The smallest absolute Gasteiger partial charge is 0.238 e. The van der Waals surface area contributed by atoms with Crippen LogP contribution >= 0.6 is 0 Å². The van der Waals surface area contributed by atoms with Crippen LogP contribution < -0.4 is 10.6 Å². The van der Waals surface area contributed by atoms with Gasteiger partial charge in [-0.3, -0.25) is 14.5 Å². The number of carbonyl (C=O) groups excluding carboxylic acids is 2. The molecule has 0 saturated heterocycles. The van der Waals surface area contributed by atoms with E-state index in [-0.39, 0.29) is 24.9 Å². The maximum atomic E-state index is 12.4. The van der Waals surface area contributed by atoms with E-state index in [1.165, 1.54) is 24.8 Å². The van der Waals surface area contributed by atoms with Crippen molar-refractivity contribution in [3.63, 3.8) is 0 Å². The minimum absolute atomic E-state index is 0.0106. The van der Waals surface area contributed by atoms with E-state index in [9.17, 15) is 9.59 Å². The molecule has 1 aromatic rings. The SMILES string of the molecule is CCCN(CC(=O)NCCC1=CCCCC1)CC(=O)Nc1ccccc1C. The quantitative estimate of drug-likeness (QED) is 0.617. The Kier molecular flexibility index (Phi) is 9.05. The van der Waals surface area contributed by atoms with Gasteiger partial charge >= 0.3 is 0 Å². The van der Waals surface area contributed by atoms with Gasteiger partial charge in [-0.2, -0.15) is 0 Å². The molecule has 1 aliphatic rings. The van der Waals surface area contributed by atoms with Crippen molar-refractivity contribution in [3.05, 3.63) is 41.5 Å². The molecule has 0 saturated carbocycles. The summed E-state index contributed by atoms with van der Waals surface area (Å²) in [5.41, 5.74) is 3.32. The molecular weight excluding hydrogens is 338 g/mol. The normalized spacial score (nSPS) is 14.0. The topological polar surface area (TPSA) is 61.4 Å². The number of carbonyl (C=O) groups is 2. The summed E-state index contributed by atoms with van der Waals surface area (Å²) in [4.78, 5) is 26.5. The summed E-state index contributed by atoms with van der Waals surface area (Å²) < 4.78 is 0. The van der Waals surface area contributed by atoms with E-state index >= 15 is 0 Å². The number of nitrogens with zero attached hydrogens (tertiary/aromatic N) is 1. The monoisotopic (exact) mass is 371 g/mol. The first-order valence-corrected chi connectivity index (χ1v) is 10.1. The van der Waals surface area contributed by atoms with E-state index < -0.39 is 0 Å². The molecule has 0 bridgehead atoms. The molecule has 1 aliphatic carbocycles. The van der Waals surface area contributed by atoms with Crippen LogP contribution in [0.5, 0.6) is 0 Å². The Hall–Kier alpha value is -2.14. The molecule has 0 aliphatic heterocycles. The van der Waals surface area contributed by atoms with Crippen molar-refractivity contribution >= 4 is 17.5 Å². The fourth-order valence-electron chi connectivity index (χ4n) is 3.39. The van der Waals surface area contributed by atoms with Gasteiger partial charge in [-0.15, -0.1) is 0 Å². The lowest BCUT2D eigenvalue weighted by Crippen LogP contribution is -2.41. The van der Waals surface area contributed by atoms with Crippen LogP contribution in [-0.2, 0) is 9.59 Å². The van der Waals surface area contributed by atoms with E-state index in [1.807, 2.05) is 36.1 Å². The average Bonchev–Trinajstić information content (AvgIpc) is 2.64. The van der Waals surface area contributed by atoms with Gasteiger partial charge in [0, 0.05) is 12.2 Å². The van der Waals surface area contributed by atoms with Crippen LogP contribution in [0, 0.1) is 6.92 Å². The molecule has 148 valence electrons. The fraction of sp³-hybridized carbons (Fsp3) is 0.545. The first-order valence-electron chi connectivity index (χ1n) is 10.1. The van der Waals surface area contributed by atoms with Gasteiger partial charge < -0.3 is 10.6 Å². The Bertz CT molecular complexity index is 655. The number of para-hydroxylation sites is 1. The zero-order valence-electron chi connectivity index (χ0n) is 16.7. The van der Waals surface area contributed by atoms with Crippen LogP contribution in [0.25, 0.3) is 0 Å². The number of anilines is 1. The summed E-state index contributed by atoms with van der Waals surface area (Å²) in [6, 6.07) is 7.71. The zero-order valence-corrected chi connectivity index (χ0v) is 16.7. The molecule has 2 N–H and O–H groups in total. The molecule has 0 fully saturated rings. The largest absolute Gasteiger partial charge is 0.355 e. The number of hydrogen-bond acceptors (Lipinski definition) is 3. The number of amides is 2. The number of benzene rings is 1. The molecule has 0 heterocycles. The number of allylic oxidation sites excluding steroid dienone is 1. The second kappa shape index (κ2) is 11.5. The first kappa shape index (κ1) is 21.2. The molecule has 0 radical (unpaired) electrons. The van der Waals surface area contributed by atoms with Gasteiger partial charge in [0.15, 0.2) is 0 Å². The summed E-state index contributed by atoms with van der Waals surface area (Å²) in [5, 5.41) is 5.94. The molecule has 2 amide bonds. The molecule has 0 unspecified atom stereocenters. The molecule has 0 atom stereocenters. The Morgan fingerprint density at radius 2 is 1.89 bits per heavy atom. The Morgan fingerprint density at radius 1 is 1.11 bits per heavy atom. The fourth-order valence-corrected chi connectivity index (χ4v) is 3.39. The van der Waals surface area contributed by atoms with Crippen molar-refractivity contribution in [2.24, 2.45) is 0 Å². The summed E-state index contributed by atoms with van der Waals surface area (Å²) in [7, 11) is 0. The maximum Gasteiger partial charge on any atom is 0.238 e. The Labute approximate surface area is 163 Å². The maximum absolute atomic E-state index is 12.4. The highest BCUT2D eigenvalue weighted by atomic mass is 16.2. The average molecular weight is 372 g/mol. The molecule has 0 aromatic heterocycles. The number of hydrogen-bond donors (Lipinski definition) is 2. The van der Waals surface area contributed by atoms with E-state index in [2.05, 4.69) is 23.6 Å². The van der Waals surface area contributed by atoms with Crippen LogP contribution in [0.4, 0.5) is 5.69 Å². The van der Waals surface area contributed by atoms with E-state index in [0.29, 0.717) is 6.54 Å². The predicted octanol–water partition coefficient (Wildman–Crippen LogP) is 3.65. The van der Waals surface area contributed by atoms with Crippen molar-refractivity contribution in [1.29, 1.82) is 0 Å². The van der Waals surface area contributed by atoms with Gasteiger partial charge in [-0.1, -0.05) is 36.8 Å². The summed E-state index contributed by atoms with van der Waals surface area (Å²) in [6.07, 6.45) is 9.03. The lowest BCUT2D eigenvalue weighted by Gasteiger charge is -2.21. The third-order valence-electron chi connectivity index (χ3n) is 4.85. The molecule has 5 nitrogen and oxygen atoms in total. The van der Waals surface area contributed by atoms with Gasteiger partial charge in [0.05, 0.1) is 13.1 Å². The second-order valence-corrected chi connectivity index (χ2v) is 7.28. The van der Waals surface area contributed by atoms with Crippen LogP contribution in [-0.4, -0.2) is 42.9 Å². The van der Waals surface area contributed by atoms with Crippen LogP contribution in [0.2, 0.25) is 0 Å². The second-order valence-electron chi connectivity index (χ2n) is 7.28. The van der Waals surface area contributed by atoms with Crippen molar-refractivity contribution in [2.75, 3.05) is 31.5 Å². The molecular formula is C22H33N3O2. The Morgan fingerprint density at radius 3 is 2.59 bits per heavy atom. The zero-order chi connectivity index (χ0) is 19.5. The third-order valence-corrected chi connectivity index (χ3v) is 4.85. The summed E-state index contributed by atoms with van der Waals surface area (Å²) in [6.45, 7) is 5.91. The lowest BCUT2D eigenvalue weighted by molar-refractivity contribution is -0.123. The first-order chi connectivity index (χ1) is 13.1. The standard InChI is InChI=1S/C22H33N3O2/c1-3-15-25(17-22(27)24-20-12-8-7-9-18(20)2)16-21(26)23-14-13-19-10-5-4-6-11-19/h7-10,12H,3-6,11,13-17H2,1-2H3,(H,23,26)(H,24,27). The van der Waals surface area contributed by atoms with Crippen LogP contribution in [0.1, 0.15) is 51.0 Å². The predicted molar refractivity (Wildman–Crippen MR) is 111 cm³/mol. The van der Waals surface area contributed by atoms with Crippen molar-refractivity contribution in [3.8, 4) is 0 Å². The summed E-state index contributed by atoms with van der Waals surface area (Å²) in [5.74, 6) is -0.0959. The van der Waals surface area contributed by atoms with Gasteiger partial charge in [-0.25, -0.2) is 0 Å². The Balaban J connectivity index is 1.76. The number of rotatable bonds is 10. The van der Waals surface area contributed by atoms with E-state index in [1.54, 1.807) is 0 Å². The lowest BCUT2D eigenvalue weighted by atomic mass is 9.97. The molecule has 5 heteroatoms. The van der Waals surface area contributed by atoms with Crippen molar-refractivity contribution < 1.29 is 9.59 Å². The minimum Gasteiger partial charge on any atom is -0.355 e. The number of aryl methyl sites for hydroxylation is 1. The van der Waals surface area contributed by atoms with E-state index in [4.69, 9.17) is 0 Å². The molecule has 27 heavy (non-hydrogen) atoms. The third kappa shape index (κ3) is 7.95. The highest BCUT2D eigenvalue weighted by Gasteiger charge is 2.14. The van der Waals surface area contributed by atoms with Gasteiger partial charge in [0.25, 0.3) is 0 Å². The molecule has 1 aromatic carbocycles. The highest BCUT2D eigenvalue weighted by molar-refractivity contribution is 5.93. The van der Waals surface area contributed by atoms with Gasteiger partial charge in [0.2, 0.25) is 11.8 Å². The van der Waals surface area contributed by atoms with Gasteiger partial charge in [-0.05, 0) is 63.6 Å².